The predicted octanol–water partition coefficient (Wildman–Crippen LogP) is 1.69. The van der Waals surface area contributed by atoms with Crippen molar-refractivity contribution in [2.45, 2.75) is 18.9 Å². The highest BCUT2D eigenvalue weighted by Crippen LogP contribution is 2.27. The fourth-order valence-electron chi connectivity index (χ4n) is 2.10. The maximum atomic E-state index is 9.50. The zero-order valence-corrected chi connectivity index (χ0v) is 11.1. The molecule has 1 aliphatic heterocycles. The molecule has 17 heavy (non-hydrogen) atoms. The number of hydrogen-bond donors (Lipinski definition) is 3. The van der Waals surface area contributed by atoms with Gasteiger partial charge in [0, 0.05) is 28.8 Å². The van der Waals surface area contributed by atoms with Gasteiger partial charge in [0.05, 0.1) is 6.10 Å². The Kier molecular flexibility index (Phi) is 3.69. The third-order valence-electron chi connectivity index (χ3n) is 3.06. The topological polar surface area (TPSA) is 73.3 Å². The molecule has 0 aromatic heterocycles. The van der Waals surface area contributed by atoms with E-state index in [1.54, 1.807) is 0 Å². The lowest BCUT2D eigenvalue weighted by Gasteiger charge is -2.32. The number of benzene rings is 1. The molecule has 1 fully saturated rings. The van der Waals surface area contributed by atoms with Gasteiger partial charge in [0.1, 0.15) is 5.84 Å². The average Bonchev–Trinajstić information content (AvgIpc) is 2.29. The van der Waals surface area contributed by atoms with Gasteiger partial charge in [-0.25, -0.2) is 0 Å². The molecule has 92 valence electrons. The Morgan fingerprint density at radius 3 is 2.65 bits per heavy atom. The first kappa shape index (κ1) is 12.4. The zero-order valence-electron chi connectivity index (χ0n) is 9.49. The first-order chi connectivity index (χ1) is 8.08. The maximum Gasteiger partial charge on any atom is 0.124 e. The molecule has 4 nitrogen and oxygen atoms in total. The molecule has 1 aliphatic rings. The van der Waals surface area contributed by atoms with Gasteiger partial charge >= 0.3 is 0 Å². The van der Waals surface area contributed by atoms with Gasteiger partial charge in [-0.05, 0) is 31.0 Å². The van der Waals surface area contributed by atoms with Crippen molar-refractivity contribution in [2.75, 3.05) is 18.0 Å². The second kappa shape index (κ2) is 5.06. The zero-order chi connectivity index (χ0) is 12.4. The number of halogens is 1. The molecule has 1 saturated heterocycles. The van der Waals surface area contributed by atoms with E-state index >= 15 is 0 Å². The highest BCUT2D eigenvalue weighted by Gasteiger charge is 2.20. The lowest BCUT2D eigenvalue weighted by molar-refractivity contribution is 0.145. The molecule has 2 rings (SSSR count). The molecule has 1 aromatic rings. The van der Waals surface area contributed by atoms with Gasteiger partial charge in [-0.2, -0.15) is 0 Å². The van der Waals surface area contributed by atoms with E-state index in [1.807, 2.05) is 18.2 Å². The largest absolute Gasteiger partial charge is 0.393 e. The number of nitrogens with two attached hydrogens (primary N) is 1. The summed E-state index contributed by atoms with van der Waals surface area (Å²) < 4.78 is 0.976. The van der Waals surface area contributed by atoms with Crippen LogP contribution in [0.25, 0.3) is 0 Å². The van der Waals surface area contributed by atoms with E-state index < -0.39 is 0 Å². The van der Waals surface area contributed by atoms with Crippen molar-refractivity contribution in [1.29, 1.82) is 5.41 Å². The van der Waals surface area contributed by atoms with E-state index in [2.05, 4.69) is 20.8 Å². The molecule has 0 radical (unpaired) electrons. The minimum absolute atomic E-state index is 0.0821. The molecule has 0 spiro atoms. The molecular weight excluding hydrogens is 282 g/mol. The standard InChI is InChI=1S/C12H16BrN3O/c13-8-1-2-10(12(14)15)11(7-8)16-5-3-9(17)4-6-16/h1-2,7,9,17H,3-6H2,(H3,14,15). The number of aliphatic hydroxyl groups excluding tert-OH is 1. The number of nitrogen functional groups attached to an aromatic ring is 1. The number of amidine groups is 1. The van der Waals surface area contributed by atoms with Gasteiger partial charge in [0.15, 0.2) is 0 Å². The number of rotatable bonds is 2. The van der Waals surface area contributed by atoms with E-state index in [0.717, 1.165) is 41.7 Å². The van der Waals surface area contributed by atoms with Crippen LogP contribution in [0.2, 0.25) is 0 Å². The summed E-state index contributed by atoms with van der Waals surface area (Å²) in [6.07, 6.45) is 1.34. The number of nitrogens with zero attached hydrogens (tertiary/aromatic N) is 1. The Balaban J connectivity index is 2.30. The summed E-state index contributed by atoms with van der Waals surface area (Å²) >= 11 is 3.44. The maximum absolute atomic E-state index is 9.50. The Hall–Kier alpha value is -1.07. The number of hydrogen-bond acceptors (Lipinski definition) is 3. The van der Waals surface area contributed by atoms with Crippen molar-refractivity contribution < 1.29 is 5.11 Å². The monoisotopic (exact) mass is 297 g/mol. The van der Waals surface area contributed by atoms with Gasteiger partial charge in [-0.1, -0.05) is 15.9 Å². The van der Waals surface area contributed by atoms with Crippen molar-refractivity contribution in [3.8, 4) is 0 Å². The SMILES string of the molecule is N=C(N)c1ccc(Br)cc1N1CCC(O)CC1. The number of nitrogens with one attached hydrogen (secondary N) is 1. The van der Waals surface area contributed by atoms with Crippen LogP contribution in [0.3, 0.4) is 0 Å². The second-order valence-electron chi connectivity index (χ2n) is 4.29. The van der Waals surface area contributed by atoms with Crippen molar-refractivity contribution in [2.24, 2.45) is 5.73 Å². The normalized spacial score (nSPS) is 17.2. The van der Waals surface area contributed by atoms with Crippen molar-refractivity contribution in [3.63, 3.8) is 0 Å². The molecule has 0 unspecified atom stereocenters. The molecule has 4 N–H and O–H groups in total. The lowest BCUT2D eigenvalue weighted by atomic mass is 10.0. The lowest BCUT2D eigenvalue weighted by Crippen LogP contribution is -2.37. The van der Waals surface area contributed by atoms with Crippen LogP contribution in [0.15, 0.2) is 22.7 Å². The van der Waals surface area contributed by atoms with Gasteiger partial charge in [-0.15, -0.1) is 0 Å². The van der Waals surface area contributed by atoms with Crippen LogP contribution in [-0.4, -0.2) is 30.1 Å². The molecular formula is C12H16BrN3O. The minimum atomic E-state index is -0.195. The third-order valence-corrected chi connectivity index (χ3v) is 3.55. The third kappa shape index (κ3) is 2.79. The minimum Gasteiger partial charge on any atom is -0.393 e. The average molecular weight is 298 g/mol. The molecule has 0 amide bonds. The van der Waals surface area contributed by atoms with E-state index in [9.17, 15) is 5.11 Å². The summed E-state index contributed by atoms with van der Waals surface area (Å²) in [5, 5.41) is 17.1. The van der Waals surface area contributed by atoms with E-state index in [4.69, 9.17) is 11.1 Å². The van der Waals surface area contributed by atoms with Crippen molar-refractivity contribution in [3.05, 3.63) is 28.2 Å². The van der Waals surface area contributed by atoms with E-state index in [1.165, 1.54) is 0 Å². The summed E-state index contributed by atoms with van der Waals surface area (Å²) in [5.74, 6) is 0.0821. The first-order valence-corrected chi connectivity index (χ1v) is 6.44. The van der Waals surface area contributed by atoms with Crippen LogP contribution in [0.1, 0.15) is 18.4 Å². The Labute approximate surface area is 109 Å². The molecule has 0 aliphatic carbocycles. The Bertz CT molecular complexity index is 428. The summed E-state index contributed by atoms with van der Waals surface area (Å²) in [6, 6.07) is 5.72. The molecule has 1 heterocycles. The highest BCUT2D eigenvalue weighted by molar-refractivity contribution is 9.10. The fraction of sp³-hybridized carbons (Fsp3) is 0.417. The quantitative estimate of drug-likeness (QED) is 0.574. The number of piperidine rings is 1. The summed E-state index contributed by atoms with van der Waals surface area (Å²) in [6.45, 7) is 1.61. The van der Waals surface area contributed by atoms with Gasteiger partial charge in [0.2, 0.25) is 0 Å². The van der Waals surface area contributed by atoms with Crippen LogP contribution in [0, 0.1) is 5.41 Å². The van der Waals surface area contributed by atoms with Crippen LogP contribution >= 0.6 is 15.9 Å². The molecule has 1 aromatic carbocycles. The summed E-state index contributed by atoms with van der Waals surface area (Å²) in [7, 11) is 0. The van der Waals surface area contributed by atoms with E-state index in [-0.39, 0.29) is 11.9 Å². The van der Waals surface area contributed by atoms with Crippen molar-refractivity contribution >= 4 is 27.5 Å². The Morgan fingerprint density at radius 1 is 1.41 bits per heavy atom. The predicted molar refractivity (Wildman–Crippen MR) is 72.6 cm³/mol. The van der Waals surface area contributed by atoms with Gasteiger partial charge < -0.3 is 15.7 Å². The van der Waals surface area contributed by atoms with E-state index in [0.29, 0.717) is 0 Å². The van der Waals surface area contributed by atoms with Gasteiger partial charge in [0.25, 0.3) is 0 Å². The summed E-state index contributed by atoms with van der Waals surface area (Å²) in [5.41, 5.74) is 7.32. The highest BCUT2D eigenvalue weighted by atomic mass is 79.9. The molecule has 0 bridgehead atoms. The van der Waals surface area contributed by atoms with Crippen LogP contribution in [0.5, 0.6) is 0 Å². The fourth-order valence-corrected chi connectivity index (χ4v) is 2.45. The molecule has 0 atom stereocenters. The summed E-state index contributed by atoms with van der Waals surface area (Å²) in [4.78, 5) is 2.17. The molecule has 0 saturated carbocycles. The second-order valence-corrected chi connectivity index (χ2v) is 5.21. The first-order valence-electron chi connectivity index (χ1n) is 5.65. The number of aliphatic hydroxyl groups is 1. The smallest absolute Gasteiger partial charge is 0.124 e. The van der Waals surface area contributed by atoms with Crippen LogP contribution in [-0.2, 0) is 0 Å². The Morgan fingerprint density at radius 2 is 2.06 bits per heavy atom. The van der Waals surface area contributed by atoms with Crippen LogP contribution < -0.4 is 10.6 Å². The molecule has 5 heteroatoms. The van der Waals surface area contributed by atoms with Gasteiger partial charge in [-0.3, -0.25) is 5.41 Å². The van der Waals surface area contributed by atoms with Crippen LogP contribution in [0.4, 0.5) is 5.69 Å². The van der Waals surface area contributed by atoms with Crippen molar-refractivity contribution in [1.82, 2.24) is 0 Å². The number of anilines is 1.